The SMILES string of the molecule is Brc1nc(-c2ccc3c(c2)sc2ccccc23)nc(-c2cccc3ccccc23)n1. The Balaban J connectivity index is 1.54. The maximum Gasteiger partial charge on any atom is 0.200 e. The van der Waals surface area contributed by atoms with E-state index in [0.717, 1.165) is 16.5 Å². The van der Waals surface area contributed by atoms with Crippen LogP contribution in [0.5, 0.6) is 0 Å². The first-order chi connectivity index (χ1) is 14.8. The van der Waals surface area contributed by atoms with Crippen molar-refractivity contribution < 1.29 is 0 Å². The Kier molecular flexibility index (Phi) is 4.11. The van der Waals surface area contributed by atoms with Crippen molar-refractivity contribution in [3.8, 4) is 22.8 Å². The molecular formula is C25H14BrN3S. The lowest BCUT2D eigenvalue weighted by atomic mass is 10.0. The van der Waals surface area contributed by atoms with Gasteiger partial charge in [-0.15, -0.1) is 11.3 Å². The van der Waals surface area contributed by atoms with Gasteiger partial charge in [0.15, 0.2) is 11.6 Å². The van der Waals surface area contributed by atoms with Crippen LogP contribution < -0.4 is 0 Å². The Labute approximate surface area is 185 Å². The molecule has 4 aromatic carbocycles. The third-order valence-electron chi connectivity index (χ3n) is 5.28. The van der Waals surface area contributed by atoms with Crippen LogP contribution in [0, 0.1) is 0 Å². The van der Waals surface area contributed by atoms with Crippen LogP contribution in [0.15, 0.2) is 89.7 Å². The number of thiophene rings is 1. The van der Waals surface area contributed by atoms with E-state index in [1.807, 2.05) is 18.2 Å². The van der Waals surface area contributed by atoms with Gasteiger partial charge < -0.3 is 0 Å². The fraction of sp³-hybridized carbons (Fsp3) is 0. The molecule has 0 aliphatic carbocycles. The van der Waals surface area contributed by atoms with Crippen molar-refractivity contribution in [2.75, 3.05) is 0 Å². The standard InChI is InChI=1S/C25H14BrN3S/c26-25-28-23(16-12-13-19-18-9-3-4-11-21(18)30-22(19)14-16)27-24(29-25)20-10-5-7-15-6-1-2-8-17(15)20/h1-14H. The number of benzene rings is 4. The maximum absolute atomic E-state index is 4.84. The van der Waals surface area contributed by atoms with E-state index in [1.54, 1.807) is 11.3 Å². The summed E-state index contributed by atoms with van der Waals surface area (Å²) in [5.74, 6) is 1.33. The number of hydrogen-bond donors (Lipinski definition) is 0. The van der Waals surface area contributed by atoms with Crippen LogP contribution in [0.3, 0.4) is 0 Å². The van der Waals surface area contributed by atoms with E-state index in [1.165, 1.54) is 25.6 Å². The molecule has 0 aliphatic heterocycles. The summed E-state index contributed by atoms with van der Waals surface area (Å²) in [5, 5.41) is 4.85. The van der Waals surface area contributed by atoms with Crippen molar-refractivity contribution in [2.45, 2.75) is 0 Å². The lowest BCUT2D eigenvalue weighted by Gasteiger charge is -2.08. The summed E-state index contributed by atoms with van der Waals surface area (Å²) in [6, 6.07) is 29.4. The zero-order valence-electron chi connectivity index (χ0n) is 15.7. The summed E-state index contributed by atoms with van der Waals surface area (Å²) in [7, 11) is 0. The molecule has 142 valence electrons. The second-order valence-electron chi connectivity index (χ2n) is 7.09. The summed E-state index contributed by atoms with van der Waals surface area (Å²) in [6.07, 6.45) is 0. The van der Waals surface area contributed by atoms with Crippen LogP contribution >= 0.6 is 27.3 Å². The van der Waals surface area contributed by atoms with Crippen LogP contribution in [0.4, 0.5) is 0 Å². The molecule has 0 N–H and O–H groups in total. The Hall–Kier alpha value is -3.15. The van der Waals surface area contributed by atoms with Gasteiger partial charge in [-0.25, -0.2) is 15.0 Å². The quantitative estimate of drug-likeness (QED) is 0.264. The number of rotatable bonds is 2. The van der Waals surface area contributed by atoms with E-state index in [4.69, 9.17) is 4.98 Å². The molecule has 0 radical (unpaired) electrons. The minimum Gasteiger partial charge on any atom is -0.208 e. The summed E-state index contributed by atoms with van der Waals surface area (Å²) in [4.78, 5) is 14.0. The molecule has 0 bridgehead atoms. The van der Waals surface area contributed by atoms with Crippen molar-refractivity contribution in [1.82, 2.24) is 15.0 Å². The van der Waals surface area contributed by atoms with E-state index in [0.29, 0.717) is 16.4 Å². The molecule has 0 atom stereocenters. The van der Waals surface area contributed by atoms with Gasteiger partial charge in [-0.1, -0.05) is 72.8 Å². The fourth-order valence-corrected chi connectivity index (χ4v) is 5.37. The minimum atomic E-state index is 0.534. The first-order valence-electron chi connectivity index (χ1n) is 9.58. The maximum atomic E-state index is 4.84. The molecule has 2 heterocycles. The Morgan fingerprint density at radius 3 is 2.27 bits per heavy atom. The number of hydrogen-bond acceptors (Lipinski definition) is 4. The monoisotopic (exact) mass is 467 g/mol. The van der Waals surface area contributed by atoms with Crippen LogP contribution in [0.2, 0.25) is 0 Å². The van der Waals surface area contributed by atoms with E-state index >= 15 is 0 Å². The normalized spacial score (nSPS) is 11.5. The predicted octanol–water partition coefficient (Wildman–Crippen LogP) is 7.49. The minimum absolute atomic E-state index is 0.534. The first kappa shape index (κ1) is 17.7. The van der Waals surface area contributed by atoms with E-state index in [-0.39, 0.29) is 0 Å². The second kappa shape index (κ2) is 6.97. The number of nitrogens with zero attached hydrogens (tertiary/aromatic N) is 3. The molecular weight excluding hydrogens is 454 g/mol. The largest absolute Gasteiger partial charge is 0.208 e. The van der Waals surface area contributed by atoms with Gasteiger partial charge in [0.2, 0.25) is 4.73 Å². The molecule has 0 aliphatic rings. The molecule has 0 saturated carbocycles. The molecule has 6 rings (SSSR count). The molecule has 0 unspecified atom stereocenters. The molecule has 0 fully saturated rings. The van der Waals surface area contributed by atoms with Gasteiger partial charge in [-0.3, -0.25) is 0 Å². The van der Waals surface area contributed by atoms with Crippen molar-refractivity contribution in [3.63, 3.8) is 0 Å². The average Bonchev–Trinajstić information content (AvgIpc) is 3.16. The first-order valence-corrected chi connectivity index (χ1v) is 11.2. The zero-order valence-corrected chi connectivity index (χ0v) is 18.1. The van der Waals surface area contributed by atoms with Gasteiger partial charge in [-0.05, 0) is 38.8 Å². The highest BCUT2D eigenvalue weighted by Crippen LogP contribution is 2.36. The number of aromatic nitrogens is 3. The Morgan fingerprint density at radius 1 is 0.600 bits per heavy atom. The molecule has 5 heteroatoms. The summed E-state index contributed by atoms with van der Waals surface area (Å²) in [6.45, 7) is 0. The number of fused-ring (bicyclic) bond motifs is 4. The second-order valence-corrected chi connectivity index (χ2v) is 8.88. The van der Waals surface area contributed by atoms with Gasteiger partial charge in [0.05, 0.1) is 0 Å². The highest BCUT2D eigenvalue weighted by molar-refractivity contribution is 9.10. The van der Waals surface area contributed by atoms with Gasteiger partial charge in [0, 0.05) is 31.3 Å². The average molecular weight is 468 g/mol. The van der Waals surface area contributed by atoms with Crippen molar-refractivity contribution in [2.24, 2.45) is 0 Å². The fourth-order valence-electron chi connectivity index (χ4n) is 3.89. The number of halogens is 1. The molecule has 0 spiro atoms. The van der Waals surface area contributed by atoms with E-state index in [9.17, 15) is 0 Å². The molecule has 30 heavy (non-hydrogen) atoms. The Bertz CT molecular complexity index is 1570. The smallest absolute Gasteiger partial charge is 0.200 e. The van der Waals surface area contributed by atoms with Gasteiger partial charge >= 0.3 is 0 Å². The molecule has 0 amide bonds. The van der Waals surface area contributed by atoms with Gasteiger partial charge in [0.25, 0.3) is 0 Å². The molecule has 2 aromatic heterocycles. The summed E-state index contributed by atoms with van der Waals surface area (Å²) in [5.41, 5.74) is 1.99. The van der Waals surface area contributed by atoms with Crippen LogP contribution in [-0.2, 0) is 0 Å². The van der Waals surface area contributed by atoms with Crippen LogP contribution in [-0.4, -0.2) is 15.0 Å². The summed E-state index contributed by atoms with van der Waals surface area (Å²) >= 11 is 5.28. The molecule has 6 aromatic rings. The lowest BCUT2D eigenvalue weighted by Crippen LogP contribution is -1.98. The van der Waals surface area contributed by atoms with Crippen LogP contribution in [0.1, 0.15) is 0 Å². The topological polar surface area (TPSA) is 38.7 Å². The molecule has 3 nitrogen and oxygen atoms in total. The third kappa shape index (κ3) is 2.90. The third-order valence-corrected chi connectivity index (χ3v) is 6.76. The highest BCUT2D eigenvalue weighted by atomic mass is 79.9. The van der Waals surface area contributed by atoms with Crippen molar-refractivity contribution >= 4 is 58.2 Å². The zero-order chi connectivity index (χ0) is 20.1. The molecule has 0 saturated heterocycles. The summed E-state index contributed by atoms with van der Waals surface area (Å²) < 4.78 is 3.06. The van der Waals surface area contributed by atoms with E-state index in [2.05, 4.69) is 92.6 Å². The van der Waals surface area contributed by atoms with Gasteiger partial charge in [-0.2, -0.15) is 0 Å². The predicted molar refractivity (Wildman–Crippen MR) is 129 cm³/mol. The Morgan fingerprint density at radius 2 is 1.33 bits per heavy atom. The van der Waals surface area contributed by atoms with Gasteiger partial charge in [0.1, 0.15) is 0 Å². The van der Waals surface area contributed by atoms with Crippen molar-refractivity contribution in [1.29, 1.82) is 0 Å². The van der Waals surface area contributed by atoms with E-state index < -0.39 is 0 Å². The van der Waals surface area contributed by atoms with Crippen molar-refractivity contribution in [3.05, 3.63) is 89.7 Å². The lowest BCUT2D eigenvalue weighted by molar-refractivity contribution is 1.03. The highest BCUT2D eigenvalue weighted by Gasteiger charge is 2.13. The van der Waals surface area contributed by atoms with Crippen LogP contribution in [0.25, 0.3) is 53.7 Å².